The maximum atomic E-state index is 10.1. The molecule has 19 heavy (non-hydrogen) atoms. The third-order valence-corrected chi connectivity index (χ3v) is 5.61. The first-order valence-corrected chi connectivity index (χ1v) is 9.18. The number of aromatic nitrogens is 1. The highest BCUT2D eigenvalue weighted by atomic mass is 32.2. The lowest BCUT2D eigenvalue weighted by Gasteiger charge is -2.22. The van der Waals surface area contributed by atoms with E-state index in [0.717, 1.165) is 12.3 Å². The van der Waals surface area contributed by atoms with Crippen molar-refractivity contribution in [2.24, 2.45) is 0 Å². The van der Waals surface area contributed by atoms with Crippen molar-refractivity contribution in [1.82, 2.24) is 10.3 Å². The summed E-state index contributed by atoms with van der Waals surface area (Å²) in [5, 5.41) is 14.7. The summed E-state index contributed by atoms with van der Waals surface area (Å²) in [6.07, 6.45) is 9.34. The highest BCUT2D eigenvalue weighted by Gasteiger charge is 2.21. The van der Waals surface area contributed by atoms with Gasteiger partial charge < -0.3 is 10.4 Å². The van der Waals surface area contributed by atoms with Crippen LogP contribution in [-0.4, -0.2) is 34.2 Å². The number of rotatable bonds is 7. The van der Waals surface area contributed by atoms with Crippen molar-refractivity contribution in [3.63, 3.8) is 0 Å². The molecule has 1 saturated carbocycles. The van der Waals surface area contributed by atoms with E-state index in [-0.39, 0.29) is 0 Å². The van der Waals surface area contributed by atoms with E-state index in [1.54, 1.807) is 11.8 Å². The smallest absolute Gasteiger partial charge is 0.0959 e. The Bertz CT molecular complexity index is 387. The first-order chi connectivity index (χ1) is 9.11. The molecule has 0 amide bonds. The van der Waals surface area contributed by atoms with Gasteiger partial charge in [-0.1, -0.05) is 12.8 Å². The number of thioether (sulfide) groups is 1. The predicted octanol–water partition coefficient (Wildman–Crippen LogP) is 3.00. The normalized spacial score (nSPS) is 19.7. The first-order valence-electron chi connectivity index (χ1n) is 6.97. The van der Waals surface area contributed by atoms with Gasteiger partial charge in [0.2, 0.25) is 0 Å². The van der Waals surface area contributed by atoms with Crippen LogP contribution in [0.15, 0.2) is 6.20 Å². The molecule has 1 unspecified atom stereocenters. The van der Waals surface area contributed by atoms with Crippen LogP contribution < -0.4 is 5.32 Å². The fourth-order valence-corrected chi connectivity index (χ4v) is 4.36. The molecular formula is C14H24N2OS2. The van der Waals surface area contributed by atoms with Crippen LogP contribution in [0.3, 0.4) is 0 Å². The third-order valence-electron chi connectivity index (χ3n) is 3.54. The minimum Gasteiger partial charge on any atom is -0.388 e. The Labute approximate surface area is 124 Å². The lowest BCUT2D eigenvalue weighted by atomic mass is 10.1. The molecule has 0 aliphatic heterocycles. The maximum absolute atomic E-state index is 10.1. The molecule has 0 saturated heterocycles. The summed E-state index contributed by atoms with van der Waals surface area (Å²) in [5.74, 6) is 1.47. The molecule has 2 rings (SSSR count). The van der Waals surface area contributed by atoms with Crippen LogP contribution in [0.5, 0.6) is 0 Å². The fourth-order valence-electron chi connectivity index (χ4n) is 2.58. The van der Waals surface area contributed by atoms with Crippen molar-refractivity contribution in [2.45, 2.75) is 50.7 Å². The molecule has 0 radical (unpaired) electrons. The summed E-state index contributed by atoms with van der Waals surface area (Å²) >= 11 is 3.51. The molecule has 1 fully saturated rings. The van der Waals surface area contributed by atoms with Gasteiger partial charge in [-0.05, 0) is 26.0 Å². The van der Waals surface area contributed by atoms with Gasteiger partial charge in [0.1, 0.15) is 0 Å². The van der Waals surface area contributed by atoms with Gasteiger partial charge in [-0.25, -0.2) is 4.98 Å². The Hall–Kier alpha value is -0.100. The molecule has 0 aromatic carbocycles. The van der Waals surface area contributed by atoms with Gasteiger partial charge in [0.05, 0.1) is 10.6 Å². The molecule has 1 atom stereocenters. The van der Waals surface area contributed by atoms with Crippen LogP contribution in [0.4, 0.5) is 0 Å². The molecular weight excluding hydrogens is 276 g/mol. The topological polar surface area (TPSA) is 45.1 Å². The molecule has 1 aromatic rings. The van der Waals surface area contributed by atoms with Crippen LogP contribution in [0.1, 0.15) is 48.4 Å². The van der Waals surface area contributed by atoms with Gasteiger partial charge in [-0.2, -0.15) is 11.8 Å². The van der Waals surface area contributed by atoms with E-state index in [2.05, 4.69) is 10.3 Å². The summed E-state index contributed by atoms with van der Waals surface area (Å²) in [4.78, 5) is 5.84. The summed E-state index contributed by atoms with van der Waals surface area (Å²) in [7, 11) is 0. The number of thiazole rings is 1. The van der Waals surface area contributed by atoms with E-state index in [0.29, 0.717) is 12.5 Å². The summed E-state index contributed by atoms with van der Waals surface area (Å²) < 4.78 is 0. The standard InChI is InChI=1S/C14H24N2OS2/c1-14(17,10-18-2)9-15-7-12-8-16-13(19-12)11-5-3-4-6-11/h8,11,15,17H,3-7,9-10H2,1-2H3. The Kier molecular flexibility index (Phi) is 5.69. The molecule has 0 spiro atoms. The molecule has 5 heteroatoms. The van der Waals surface area contributed by atoms with Crippen LogP contribution in [0.25, 0.3) is 0 Å². The molecule has 1 aromatic heterocycles. The minimum absolute atomic E-state index is 0.627. The highest BCUT2D eigenvalue weighted by molar-refractivity contribution is 7.98. The maximum Gasteiger partial charge on any atom is 0.0959 e. The average molecular weight is 300 g/mol. The monoisotopic (exact) mass is 300 g/mol. The summed E-state index contributed by atoms with van der Waals surface area (Å²) in [5.41, 5.74) is -0.627. The average Bonchev–Trinajstić information content (AvgIpc) is 2.98. The van der Waals surface area contributed by atoms with E-state index in [1.807, 2.05) is 30.7 Å². The summed E-state index contributed by atoms with van der Waals surface area (Å²) in [6, 6.07) is 0. The lowest BCUT2D eigenvalue weighted by molar-refractivity contribution is 0.0846. The van der Waals surface area contributed by atoms with Crippen LogP contribution >= 0.6 is 23.1 Å². The van der Waals surface area contributed by atoms with Gasteiger partial charge in [-0.3, -0.25) is 0 Å². The van der Waals surface area contributed by atoms with Crippen molar-refractivity contribution in [2.75, 3.05) is 18.6 Å². The van der Waals surface area contributed by atoms with Crippen molar-refractivity contribution in [3.8, 4) is 0 Å². The Balaban J connectivity index is 1.77. The largest absolute Gasteiger partial charge is 0.388 e. The second-order valence-electron chi connectivity index (χ2n) is 5.68. The van der Waals surface area contributed by atoms with E-state index in [4.69, 9.17) is 0 Å². The number of aliphatic hydroxyl groups is 1. The van der Waals surface area contributed by atoms with Crippen LogP contribution in [0, 0.1) is 0 Å². The van der Waals surface area contributed by atoms with Crippen molar-refractivity contribution in [1.29, 1.82) is 0 Å². The second kappa shape index (κ2) is 7.07. The van der Waals surface area contributed by atoms with Gasteiger partial charge in [0, 0.05) is 35.8 Å². The number of hydrogen-bond donors (Lipinski definition) is 2. The number of nitrogens with one attached hydrogen (secondary N) is 1. The lowest BCUT2D eigenvalue weighted by Crippen LogP contribution is -2.39. The highest BCUT2D eigenvalue weighted by Crippen LogP contribution is 2.35. The Morgan fingerprint density at radius 1 is 1.53 bits per heavy atom. The molecule has 2 N–H and O–H groups in total. The van der Waals surface area contributed by atoms with Gasteiger partial charge in [0.25, 0.3) is 0 Å². The zero-order valence-corrected chi connectivity index (χ0v) is 13.4. The van der Waals surface area contributed by atoms with E-state index >= 15 is 0 Å². The summed E-state index contributed by atoms with van der Waals surface area (Å²) in [6.45, 7) is 3.33. The molecule has 1 heterocycles. The second-order valence-corrected chi connectivity index (χ2v) is 7.69. The van der Waals surface area contributed by atoms with Crippen molar-refractivity contribution >= 4 is 23.1 Å². The minimum atomic E-state index is -0.627. The number of nitrogens with zero attached hydrogens (tertiary/aromatic N) is 1. The zero-order valence-electron chi connectivity index (χ0n) is 11.8. The van der Waals surface area contributed by atoms with Crippen molar-refractivity contribution < 1.29 is 5.11 Å². The van der Waals surface area contributed by atoms with Crippen LogP contribution in [0.2, 0.25) is 0 Å². The Morgan fingerprint density at radius 2 is 2.26 bits per heavy atom. The molecule has 0 bridgehead atoms. The van der Waals surface area contributed by atoms with E-state index < -0.39 is 5.60 Å². The molecule has 1 aliphatic rings. The molecule has 1 aliphatic carbocycles. The van der Waals surface area contributed by atoms with Gasteiger partial charge >= 0.3 is 0 Å². The van der Waals surface area contributed by atoms with Gasteiger partial charge in [-0.15, -0.1) is 11.3 Å². The first kappa shape index (κ1) is 15.3. The van der Waals surface area contributed by atoms with E-state index in [9.17, 15) is 5.11 Å². The van der Waals surface area contributed by atoms with E-state index in [1.165, 1.54) is 35.6 Å². The van der Waals surface area contributed by atoms with Gasteiger partial charge in [0.15, 0.2) is 0 Å². The molecule has 108 valence electrons. The SMILES string of the molecule is CSCC(C)(O)CNCc1cnc(C2CCCC2)s1. The predicted molar refractivity (Wildman–Crippen MR) is 84.0 cm³/mol. The quantitative estimate of drug-likeness (QED) is 0.812. The van der Waals surface area contributed by atoms with Crippen molar-refractivity contribution in [3.05, 3.63) is 16.1 Å². The number of hydrogen-bond acceptors (Lipinski definition) is 5. The Morgan fingerprint density at radius 3 is 2.95 bits per heavy atom. The zero-order chi connectivity index (χ0) is 13.7. The third kappa shape index (κ3) is 4.74. The fraction of sp³-hybridized carbons (Fsp3) is 0.786. The van der Waals surface area contributed by atoms with Crippen LogP contribution in [-0.2, 0) is 6.54 Å². The molecule has 3 nitrogen and oxygen atoms in total.